The summed E-state index contributed by atoms with van der Waals surface area (Å²) in [7, 11) is 0. The van der Waals surface area contributed by atoms with Crippen LogP contribution in [0.4, 0.5) is 5.69 Å². The fourth-order valence-corrected chi connectivity index (χ4v) is 1.45. The molecule has 0 saturated carbocycles. The van der Waals surface area contributed by atoms with Gasteiger partial charge in [0.2, 0.25) is 0 Å². The average molecular weight is 223 g/mol. The molecule has 1 aromatic carbocycles. The number of carbonyl (C=O) groups excluding carboxylic acids is 1. The Labute approximate surface area is 93.2 Å². The van der Waals surface area contributed by atoms with E-state index in [4.69, 9.17) is 4.74 Å². The first-order chi connectivity index (χ1) is 7.41. The number of esters is 1. The number of hydrogen-bond donors (Lipinski definition) is 0. The van der Waals surface area contributed by atoms with Crippen LogP contribution in [0.2, 0.25) is 0 Å². The molecule has 0 bridgehead atoms. The Balaban J connectivity index is 2.96. The van der Waals surface area contributed by atoms with Gasteiger partial charge in [0.05, 0.1) is 4.92 Å². The van der Waals surface area contributed by atoms with Gasteiger partial charge in [-0.15, -0.1) is 0 Å². The third-order valence-electron chi connectivity index (χ3n) is 2.23. The van der Waals surface area contributed by atoms with E-state index in [0.717, 1.165) is 5.56 Å². The molecule has 0 heterocycles. The van der Waals surface area contributed by atoms with Gasteiger partial charge in [0.25, 0.3) is 5.69 Å². The van der Waals surface area contributed by atoms with E-state index in [1.807, 2.05) is 0 Å². The van der Waals surface area contributed by atoms with Crippen molar-refractivity contribution in [3.8, 4) is 0 Å². The van der Waals surface area contributed by atoms with E-state index in [9.17, 15) is 14.9 Å². The second kappa shape index (κ2) is 4.74. The highest BCUT2D eigenvalue weighted by atomic mass is 16.6. The van der Waals surface area contributed by atoms with Crippen LogP contribution in [0.1, 0.15) is 31.1 Å². The molecule has 16 heavy (non-hydrogen) atoms. The summed E-state index contributed by atoms with van der Waals surface area (Å²) in [5.41, 5.74) is 1.37. The van der Waals surface area contributed by atoms with Gasteiger partial charge in [0.1, 0.15) is 6.10 Å². The van der Waals surface area contributed by atoms with Crippen molar-refractivity contribution in [3.05, 3.63) is 39.4 Å². The van der Waals surface area contributed by atoms with Gasteiger partial charge in [-0.3, -0.25) is 14.9 Å². The Morgan fingerprint density at radius 1 is 1.50 bits per heavy atom. The second-order valence-corrected chi connectivity index (χ2v) is 3.55. The zero-order chi connectivity index (χ0) is 12.3. The lowest BCUT2D eigenvalue weighted by atomic mass is 10.1. The van der Waals surface area contributed by atoms with Gasteiger partial charge < -0.3 is 4.74 Å². The Morgan fingerprint density at radius 2 is 2.12 bits per heavy atom. The molecule has 0 fully saturated rings. The predicted molar refractivity (Wildman–Crippen MR) is 58.0 cm³/mol. The van der Waals surface area contributed by atoms with E-state index in [2.05, 4.69) is 0 Å². The molecule has 0 aliphatic heterocycles. The monoisotopic (exact) mass is 223 g/mol. The first-order valence-electron chi connectivity index (χ1n) is 4.84. The van der Waals surface area contributed by atoms with E-state index in [-0.39, 0.29) is 11.7 Å². The minimum atomic E-state index is -0.435. The number of carbonyl (C=O) groups is 1. The van der Waals surface area contributed by atoms with E-state index in [1.165, 1.54) is 13.0 Å². The third-order valence-corrected chi connectivity index (χ3v) is 2.23. The standard InChI is InChI=1S/C11H13NO4/c1-7-6-10(8(2)16-9(3)13)4-5-11(7)12(14)15/h4-6,8H,1-3H3. The predicted octanol–water partition coefficient (Wildman–Crippen LogP) is 2.53. The third kappa shape index (κ3) is 2.79. The second-order valence-electron chi connectivity index (χ2n) is 3.55. The maximum atomic E-state index is 10.8. The fraction of sp³-hybridized carbons (Fsp3) is 0.364. The molecule has 1 unspecified atom stereocenters. The highest BCUT2D eigenvalue weighted by Gasteiger charge is 2.14. The first-order valence-corrected chi connectivity index (χ1v) is 4.84. The molecule has 0 saturated heterocycles. The summed E-state index contributed by atoms with van der Waals surface area (Å²) in [6.07, 6.45) is -0.392. The molecular weight excluding hydrogens is 210 g/mol. The van der Waals surface area contributed by atoms with Gasteiger partial charge in [-0.1, -0.05) is 0 Å². The highest BCUT2D eigenvalue weighted by Crippen LogP contribution is 2.24. The Morgan fingerprint density at radius 3 is 2.56 bits per heavy atom. The molecule has 0 aliphatic carbocycles. The van der Waals surface area contributed by atoms with Gasteiger partial charge in [-0.25, -0.2) is 0 Å². The summed E-state index contributed by atoms with van der Waals surface area (Å²) in [5, 5.41) is 10.6. The smallest absolute Gasteiger partial charge is 0.303 e. The molecule has 1 atom stereocenters. The number of aryl methyl sites for hydroxylation is 1. The summed E-state index contributed by atoms with van der Waals surface area (Å²) in [6.45, 7) is 4.71. The van der Waals surface area contributed by atoms with Crippen LogP contribution in [0.5, 0.6) is 0 Å². The zero-order valence-corrected chi connectivity index (χ0v) is 9.39. The molecule has 0 aliphatic rings. The molecule has 0 spiro atoms. The molecule has 5 heteroatoms. The summed E-state index contributed by atoms with van der Waals surface area (Å²) in [5.74, 6) is -0.372. The Kier molecular flexibility index (Phi) is 3.60. The van der Waals surface area contributed by atoms with Crippen molar-refractivity contribution in [2.45, 2.75) is 26.9 Å². The molecule has 5 nitrogen and oxygen atoms in total. The van der Waals surface area contributed by atoms with E-state index >= 15 is 0 Å². The van der Waals surface area contributed by atoms with Crippen molar-refractivity contribution in [1.82, 2.24) is 0 Å². The number of benzene rings is 1. The normalized spacial score (nSPS) is 11.9. The lowest BCUT2D eigenvalue weighted by Gasteiger charge is -2.12. The molecule has 0 N–H and O–H groups in total. The van der Waals surface area contributed by atoms with Crippen LogP contribution in [-0.2, 0) is 9.53 Å². The summed E-state index contributed by atoms with van der Waals surface area (Å²) in [6, 6.07) is 4.68. The first kappa shape index (κ1) is 12.2. The molecule has 0 aromatic heterocycles. The zero-order valence-electron chi connectivity index (χ0n) is 9.39. The molecule has 1 rings (SSSR count). The van der Waals surface area contributed by atoms with Crippen LogP contribution in [0, 0.1) is 17.0 Å². The number of nitro benzene ring substituents is 1. The summed E-state index contributed by atoms with van der Waals surface area (Å²) >= 11 is 0. The topological polar surface area (TPSA) is 69.4 Å². The van der Waals surface area contributed by atoms with Crippen molar-refractivity contribution in [2.75, 3.05) is 0 Å². The number of nitrogens with zero attached hydrogens (tertiary/aromatic N) is 1. The lowest BCUT2D eigenvalue weighted by molar-refractivity contribution is -0.385. The molecule has 0 radical (unpaired) electrons. The maximum Gasteiger partial charge on any atom is 0.303 e. The Bertz CT molecular complexity index is 428. The van der Waals surface area contributed by atoms with Gasteiger partial charge in [0, 0.05) is 18.6 Å². The molecule has 86 valence electrons. The number of hydrogen-bond acceptors (Lipinski definition) is 4. The van der Waals surface area contributed by atoms with Gasteiger partial charge >= 0.3 is 5.97 Å². The fourth-order valence-electron chi connectivity index (χ4n) is 1.45. The minimum absolute atomic E-state index is 0.0683. The van der Waals surface area contributed by atoms with Gasteiger partial charge in [-0.2, -0.15) is 0 Å². The average Bonchev–Trinajstić information content (AvgIpc) is 2.15. The number of rotatable bonds is 3. The SMILES string of the molecule is CC(=O)OC(C)c1ccc([N+](=O)[O-])c(C)c1. The van der Waals surface area contributed by atoms with Gasteiger partial charge in [-0.05, 0) is 31.5 Å². The lowest BCUT2D eigenvalue weighted by Crippen LogP contribution is -2.05. The van der Waals surface area contributed by atoms with Crippen LogP contribution in [0.3, 0.4) is 0 Å². The van der Waals surface area contributed by atoms with Crippen LogP contribution in [0.25, 0.3) is 0 Å². The Hall–Kier alpha value is -1.91. The largest absolute Gasteiger partial charge is 0.458 e. The van der Waals surface area contributed by atoms with E-state index in [0.29, 0.717) is 5.56 Å². The van der Waals surface area contributed by atoms with Crippen LogP contribution >= 0.6 is 0 Å². The van der Waals surface area contributed by atoms with Crippen molar-refractivity contribution in [2.24, 2.45) is 0 Å². The summed E-state index contributed by atoms with van der Waals surface area (Å²) < 4.78 is 4.98. The van der Waals surface area contributed by atoms with E-state index in [1.54, 1.807) is 26.0 Å². The highest BCUT2D eigenvalue weighted by molar-refractivity contribution is 5.66. The number of nitro groups is 1. The molecule has 1 aromatic rings. The molecular formula is C11H13NO4. The van der Waals surface area contributed by atoms with E-state index < -0.39 is 11.0 Å². The van der Waals surface area contributed by atoms with Crippen LogP contribution < -0.4 is 0 Å². The maximum absolute atomic E-state index is 10.8. The van der Waals surface area contributed by atoms with Crippen molar-refractivity contribution >= 4 is 11.7 Å². The molecule has 0 amide bonds. The minimum Gasteiger partial charge on any atom is -0.458 e. The van der Waals surface area contributed by atoms with Crippen molar-refractivity contribution < 1.29 is 14.5 Å². The number of ether oxygens (including phenoxy) is 1. The van der Waals surface area contributed by atoms with Crippen molar-refractivity contribution in [1.29, 1.82) is 0 Å². The summed E-state index contributed by atoms with van der Waals surface area (Å²) in [4.78, 5) is 20.9. The quantitative estimate of drug-likeness (QED) is 0.448. The van der Waals surface area contributed by atoms with Crippen LogP contribution in [0.15, 0.2) is 18.2 Å². The van der Waals surface area contributed by atoms with Crippen LogP contribution in [-0.4, -0.2) is 10.9 Å². The van der Waals surface area contributed by atoms with Crippen molar-refractivity contribution in [3.63, 3.8) is 0 Å². The van der Waals surface area contributed by atoms with Gasteiger partial charge in [0.15, 0.2) is 0 Å².